The van der Waals surface area contributed by atoms with Crippen molar-refractivity contribution in [3.05, 3.63) is 41.4 Å². The van der Waals surface area contributed by atoms with E-state index in [4.69, 9.17) is 25.8 Å². The summed E-state index contributed by atoms with van der Waals surface area (Å²) in [5, 5.41) is 2.84. The topological polar surface area (TPSA) is 103 Å². The number of rotatable bonds is 8. The minimum atomic E-state index is -4.07. The zero-order valence-electron chi connectivity index (χ0n) is 15.8. The van der Waals surface area contributed by atoms with Crippen LogP contribution in [0.2, 0.25) is 5.02 Å². The molecule has 1 atom stereocenters. The number of ether oxygens (including phenoxy) is 3. The predicted molar refractivity (Wildman–Crippen MR) is 106 cm³/mol. The molecule has 0 aliphatic heterocycles. The van der Waals surface area contributed by atoms with Crippen molar-refractivity contribution in [3.63, 3.8) is 0 Å². The number of amides is 1. The second kappa shape index (κ2) is 9.13. The minimum absolute atomic E-state index is 0.110. The van der Waals surface area contributed by atoms with Crippen LogP contribution in [0.3, 0.4) is 0 Å². The molecule has 0 saturated heterocycles. The third-order valence-corrected chi connectivity index (χ3v) is 5.60. The van der Waals surface area contributed by atoms with Crippen LogP contribution < -0.4 is 24.2 Å². The van der Waals surface area contributed by atoms with Gasteiger partial charge in [0.15, 0.2) is 0 Å². The zero-order chi connectivity index (χ0) is 20.9. The third-order valence-electron chi connectivity index (χ3n) is 3.80. The van der Waals surface area contributed by atoms with Crippen LogP contribution in [0.25, 0.3) is 0 Å². The first kappa shape index (κ1) is 21.8. The highest BCUT2D eigenvalue weighted by Crippen LogP contribution is 2.29. The molecule has 28 heavy (non-hydrogen) atoms. The number of methoxy groups -OCH3 is 3. The van der Waals surface area contributed by atoms with E-state index in [1.807, 2.05) is 0 Å². The molecule has 0 unspecified atom stereocenters. The Balaban J connectivity index is 2.22. The van der Waals surface area contributed by atoms with Gasteiger partial charge >= 0.3 is 0 Å². The molecule has 2 aromatic carbocycles. The number of hydrogen-bond donors (Lipinski definition) is 2. The lowest BCUT2D eigenvalue weighted by molar-refractivity contribution is -0.117. The lowest BCUT2D eigenvalue weighted by Crippen LogP contribution is -2.41. The van der Waals surface area contributed by atoms with Crippen LogP contribution in [0.15, 0.2) is 41.3 Å². The Bertz CT molecular complexity index is 965. The highest BCUT2D eigenvalue weighted by Gasteiger charge is 2.26. The Morgan fingerprint density at radius 1 is 1.00 bits per heavy atom. The summed E-state index contributed by atoms with van der Waals surface area (Å²) in [5.74, 6) is 0.434. The fraction of sp³-hybridized carbons (Fsp3) is 0.278. The monoisotopic (exact) mass is 428 g/mol. The number of carbonyl (C=O) groups is 1. The molecule has 0 aliphatic rings. The van der Waals surface area contributed by atoms with Crippen molar-refractivity contribution in [3.8, 4) is 17.2 Å². The second-order valence-electron chi connectivity index (χ2n) is 5.69. The fourth-order valence-electron chi connectivity index (χ4n) is 2.36. The van der Waals surface area contributed by atoms with Gasteiger partial charge in [-0.25, -0.2) is 8.42 Å². The van der Waals surface area contributed by atoms with Gasteiger partial charge in [-0.15, -0.1) is 0 Å². The van der Waals surface area contributed by atoms with Crippen molar-refractivity contribution in [2.24, 2.45) is 0 Å². The standard InChI is InChI=1S/C18H21ClN2O6S/c1-11(18(22)20-14-10-13(25-2)6-8-15(14)26-3)21-28(23,24)17-9-12(19)5-7-16(17)27-4/h5-11,21H,1-4H3,(H,20,22)/t11-/m0/s1. The van der Waals surface area contributed by atoms with E-state index in [9.17, 15) is 13.2 Å². The van der Waals surface area contributed by atoms with E-state index in [1.165, 1.54) is 46.5 Å². The summed E-state index contributed by atoms with van der Waals surface area (Å²) >= 11 is 5.90. The molecule has 0 bridgehead atoms. The Morgan fingerprint density at radius 3 is 2.25 bits per heavy atom. The summed E-state index contributed by atoms with van der Waals surface area (Å²) in [6.07, 6.45) is 0. The number of benzene rings is 2. The van der Waals surface area contributed by atoms with E-state index in [1.54, 1.807) is 18.2 Å². The van der Waals surface area contributed by atoms with Crippen LogP contribution in [0, 0.1) is 0 Å². The SMILES string of the molecule is COc1ccc(OC)c(NC(=O)[C@H](C)NS(=O)(=O)c2cc(Cl)ccc2OC)c1. The number of hydrogen-bond acceptors (Lipinski definition) is 6. The smallest absolute Gasteiger partial charge is 0.245 e. The molecule has 0 saturated carbocycles. The molecule has 0 fully saturated rings. The maximum atomic E-state index is 12.7. The first-order valence-electron chi connectivity index (χ1n) is 8.10. The van der Waals surface area contributed by atoms with Gasteiger partial charge < -0.3 is 19.5 Å². The summed E-state index contributed by atoms with van der Waals surface area (Å²) in [6, 6.07) is 7.96. The molecule has 1 amide bonds. The average Bonchev–Trinajstić information content (AvgIpc) is 2.67. The van der Waals surface area contributed by atoms with Gasteiger partial charge in [0.1, 0.15) is 22.1 Å². The molecule has 0 radical (unpaired) electrons. The van der Waals surface area contributed by atoms with Crippen molar-refractivity contribution < 1.29 is 27.4 Å². The second-order valence-corrected chi connectivity index (χ2v) is 7.81. The van der Waals surface area contributed by atoms with Crippen LogP contribution in [0.4, 0.5) is 5.69 Å². The molecular weight excluding hydrogens is 408 g/mol. The largest absolute Gasteiger partial charge is 0.497 e. The van der Waals surface area contributed by atoms with Crippen LogP contribution >= 0.6 is 11.6 Å². The lowest BCUT2D eigenvalue weighted by Gasteiger charge is -2.17. The molecule has 8 nitrogen and oxygen atoms in total. The molecule has 0 heterocycles. The van der Waals surface area contributed by atoms with Gasteiger partial charge in [0.25, 0.3) is 0 Å². The van der Waals surface area contributed by atoms with Gasteiger partial charge in [0.05, 0.1) is 33.1 Å². The first-order chi connectivity index (χ1) is 13.2. The molecule has 2 rings (SSSR count). The summed E-state index contributed by atoms with van der Waals surface area (Å²) in [7, 11) is 0.216. The zero-order valence-corrected chi connectivity index (χ0v) is 17.3. The Morgan fingerprint density at radius 2 is 1.64 bits per heavy atom. The van der Waals surface area contributed by atoms with Crippen molar-refractivity contribution >= 4 is 33.2 Å². The number of sulfonamides is 1. The minimum Gasteiger partial charge on any atom is -0.497 e. The van der Waals surface area contributed by atoms with Crippen LogP contribution in [0.1, 0.15) is 6.92 Å². The predicted octanol–water partition coefficient (Wildman–Crippen LogP) is 2.67. The highest BCUT2D eigenvalue weighted by molar-refractivity contribution is 7.89. The molecule has 10 heteroatoms. The van der Waals surface area contributed by atoms with E-state index in [-0.39, 0.29) is 15.7 Å². The molecular formula is C18H21ClN2O6S. The van der Waals surface area contributed by atoms with Gasteiger partial charge in [-0.05, 0) is 37.3 Å². The van der Waals surface area contributed by atoms with Crippen LogP contribution in [-0.4, -0.2) is 41.7 Å². The van der Waals surface area contributed by atoms with E-state index < -0.39 is 22.0 Å². The van der Waals surface area contributed by atoms with Crippen LogP contribution in [-0.2, 0) is 14.8 Å². The first-order valence-corrected chi connectivity index (χ1v) is 9.96. The van der Waals surface area contributed by atoms with Crippen molar-refractivity contribution in [1.82, 2.24) is 4.72 Å². The van der Waals surface area contributed by atoms with E-state index in [2.05, 4.69) is 10.0 Å². The fourth-order valence-corrected chi connectivity index (χ4v) is 4.00. The highest BCUT2D eigenvalue weighted by atomic mass is 35.5. The van der Waals surface area contributed by atoms with Gasteiger partial charge in [-0.1, -0.05) is 11.6 Å². The molecule has 152 valence electrons. The molecule has 2 N–H and O–H groups in total. The molecule has 2 aromatic rings. The lowest BCUT2D eigenvalue weighted by atomic mass is 10.2. The summed E-state index contributed by atoms with van der Waals surface area (Å²) in [6.45, 7) is 1.41. The molecule has 0 aliphatic carbocycles. The summed E-state index contributed by atoms with van der Waals surface area (Å²) in [5.41, 5.74) is 0.346. The Labute approximate surface area is 168 Å². The van der Waals surface area contributed by atoms with Gasteiger partial charge in [0.2, 0.25) is 15.9 Å². The number of anilines is 1. The van der Waals surface area contributed by atoms with E-state index >= 15 is 0 Å². The van der Waals surface area contributed by atoms with Crippen molar-refractivity contribution in [2.45, 2.75) is 17.9 Å². The normalized spacial score (nSPS) is 12.2. The maximum absolute atomic E-state index is 12.7. The van der Waals surface area contributed by atoms with Gasteiger partial charge in [0, 0.05) is 11.1 Å². The van der Waals surface area contributed by atoms with E-state index in [0.29, 0.717) is 17.2 Å². The van der Waals surface area contributed by atoms with E-state index in [0.717, 1.165) is 0 Å². The van der Waals surface area contributed by atoms with Gasteiger partial charge in [-0.3, -0.25) is 4.79 Å². The quantitative estimate of drug-likeness (QED) is 0.670. The maximum Gasteiger partial charge on any atom is 0.245 e. The third kappa shape index (κ3) is 5.06. The summed E-state index contributed by atoms with van der Waals surface area (Å²) in [4.78, 5) is 12.4. The number of carbonyl (C=O) groups excluding carboxylic acids is 1. The Hall–Kier alpha value is -2.49. The molecule has 0 aromatic heterocycles. The van der Waals surface area contributed by atoms with Crippen molar-refractivity contribution in [2.75, 3.05) is 26.6 Å². The average molecular weight is 429 g/mol. The van der Waals surface area contributed by atoms with Crippen LogP contribution in [0.5, 0.6) is 17.2 Å². The Kier molecular flexibility index (Phi) is 7.11. The number of nitrogens with one attached hydrogen (secondary N) is 2. The summed E-state index contributed by atoms with van der Waals surface area (Å²) < 4.78 is 43.1. The number of halogens is 1. The molecule has 0 spiro atoms. The van der Waals surface area contributed by atoms with Crippen molar-refractivity contribution in [1.29, 1.82) is 0 Å². The van der Waals surface area contributed by atoms with Gasteiger partial charge in [-0.2, -0.15) is 4.72 Å².